The maximum absolute atomic E-state index is 4.57. The first-order valence-electron chi connectivity index (χ1n) is 10.9. The zero-order chi connectivity index (χ0) is 21.1. The second-order valence-electron chi connectivity index (χ2n) is 8.45. The third-order valence-corrected chi connectivity index (χ3v) is 11.0. The lowest BCUT2D eigenvalue weighted by atomic mass is 9.95. The molecule has 0 aliphatic carbocycles. The van der Waals surface area contributed by atoms with Crippen LogP contribution in [-0.2, 0) is 0 Å². The zero-order valence-electron chi connectivity index (χ0n) is 17.3. The molecule has 1 radical (unpaired) electrons. The molecule has 3 heteroatoms. The van der Waals surface area contributed by atoms with Crippen LogP contribution in [0.5, 0.6) is 0 Å². The number of rotatable bonds is 1. The molecule has 1 aliphatic rings. The second kappa shape index (κ2) is 6.99. The average molecular weight is 437 g/mol. The van der Waals surface area contributed by atoms with Gasteiger partial charge in [0.15, 0.2) is 8.77 Å². The van der Waals surface area contributed by atoms with Gasteiger partial charge in [-0.25, -0.2) is 0 Å². The van der Waals surface area contributed by atoms with E-state index in [9.17, 15) is 0 Å². The highest BCUT2D eigenvalue weighted by atomic mass is 28.9. The summed E-state index contributed by atoms with van der Waals surface area (Å²) in [5.74, 6) is 0. The zero-order valence-corrected chi connectivity index (χ0v) is 19.3. The maximum Gasteiger partial charge on any atom is 0.167 e. The largest absolute Gasteiger partial charge is 0.308 e. The van der Waals surface area contributed by atoms with Crippen molar-refractivity contribution in [3.05, 3.63) is 103 Å². The SMILES string of the molecule is C1=C[Si](c2cccc3cc4ccc5cc6cc7ccccc7cc6cc5c4cc23)=[Si]N=C1. The Morgan fingerprint density at radius 2 is 1.16 bits per heavy atom. The molecule has 1 aliphatic heterocycles. The maximum atomic E-state index is 4.57. The number of nitrogens with zero attached hydrogens (tertiary/aromatic N) is 1. The van der Waals surface area contributed by atoms with E-state index < -0.39 is 7.89 Å². The minimum Gasteiger partial charge on any atom is -0.308 e. The van der Waals surface area contributed by atoms with Gasteiger partial charge in [-0.2, -0.15) is 0 Å². The molecule has 0 fully saturated rings. The fourth-order valence-electron chi connectivity index (χ4n) is 4.99. The summed E-state index contributed by atoms with van der Waals surface area (Å²) in [7, 11) is -0.127. The number of hydrogen-bond donors (Lipinski definition) is 0. The lowest BCUT2D eigenvalue weighted by Crippen LogP contribution is -2.24. The van der Waals surface area contributed by atoms with Gasteiger partial charge in [0.05, 0.1) is 7.89 Å². The van der Waals surface area contributed by atoms with Crippen molar-refractivity contribution in [3.63, 3.8) is 0 Å². The summed E-state index contributed by atoms with van der Waals surface area (Å²) in [6.45, 7) is 0. The molecule has 1 heterocycles. The minimum atomic E-state index is -0.780. The smallest absolute Gasteiger partial charge is 0.167 e. The molecule has 6 aromatic carbocycles. The van der Waals surface area contributed by atoms with Crippen LogP contribution in [0.15, 0.2) is 107 Å². The first-order chi connectivity index (χ1) is 15.8. The Hall–Kier alpha value is -3.54. The summed E-state index contributed by atoms with van der Waals surface area (Å²) in [6, 6.07) is 34.1. The predicted molar refractivity (Wildman–Crippen MR) is 143 cm³/mol. The molecule has 7 rings (SSSR count). The van der Waals surface area contributed by atoms with E-state index in [1.54, 1.807) is 0 Å². The van der Waals surface area contributed by atoms with Crippen LogP contribution in [0.2, 0.25) is 0 Å². The number of allylic oxidation sites excluding steroid dienone is 1. The van der Waals surface area contributed by atoms with E-state index in [1.165, 1.54) is 59.0 Å². The van der Waals surface area contributed by atoms with Crippen molar-refractivity contribution in [3.8, 4) is 0 Å². The third-order valence-electron chi connectivity index (χ3n) is 6.56. The van der Waals surface area contributed by atoms with Crippen molar-refractivity contribution in [2.45, 2.75) is 0 Å². The molecular formula is C29H18NSi2. The van der Waals surface area contributed by atoms with Gasteiger partial charge < -0.3 is 4.66 Å². The van der Waals surface area contributed by atoms with Crippen LogP contribution in [0, 0.1) is 0 Å². The predicted octanol–water partition coefficient (Wildman–Crippen LogP) is 6.45. The van der Waals surface area contributed by atoms with Gasteiger partial charge in [0.25, 0.3) is 0 Å². The molecule has 32 heavy (non-hydrogen) atoms. The van der Waals surface area contributed by atoms with Crippen LogP contribution >= 0.6 is 0 Å². The Balaban J connectivity index is 1.57. The Kier molecular flexibility index (Phi) is 3.95. The van der Waals surface area contributed by atoms with Gasteiger partial charge in [0, 0.05) is 6.21 Å². The van der Waals surface area contributed by atoms with Crippen LogP contribution < -0.4 is 5.19 Å². The highest BCUT2D eigenvalue weighted by Gasteiger charge is 2.10. The third kappa shape index (κ3) is 2.79. The minimum absolute atomic E-state index is 0.654. The fraction of sp³-hybridized carbons (Fsp3) is 0. The van der Waals surface area contributed by atoms with E-state index >= 15 is 0 Å². The molecule has 0 amide bonds. The normalized spacial score (nSPS) is 13.6. The van der Waals surface area contributed by atoms with E-state index in [1.807, 2.05) is 6.21 Å². The molecule has 0 saturated heterocycles. The van der Waals surface area contributed by atoms with Gasteiger partial charge >= 0.3 is 0 Å². The van der Waals surface area contributed by atoms with Crippen molar-refractivity contribution in [2.75, 3.05) is 0 Å². The Bertz CT molecular complexity index is 1830. The van der Waals surface area contributed by atoms with E-state index in [2.05, 4.69) is 107 Å². The Labute approximate surface area is 189 Å². The molecule has 0 atom stereocenters. The van der Waals surface area contributed by atoms with Gasteiger partial charge in [-0.15, -0.1) is 0 Å². The Morgan fingerprint density at radius 1 is 0.531 bits per heavy atom. The van der Waals surface area contributed by atoms with E-state index in [-0.39, 0.29) is 0 Å². The van der Waals surface area contributed by atoms with Crippen LogP contribution in [0.4, 0.5) is 0 Å². The molecule has 6 aromatic rings. The van der Waals surface area contributed by atoms with Gasteiger partial charge in [-0.05, 0) is 102 Å². The second-order valence-corrected chi connectivity index (χ2v) is 12.9. The summed E-state index contributed by atoms with van der Waals surface area (Å²) in [5.41, 5.74) is 2.39. The number of hydrogen-bond acceptors (Lipinski definition) is 1. The molecular weight excluding hydrogens is 418 g/mol. The van der Waals surface area contributed by atoms with Gasteiger partial charge in [0.1, 0.15) is 0 Å². The summed E-state index contributed by atoms with van der Waals surface area (Å²) in [5, 5.41) is 14.7. The van der Waals surface area contributed by atoms with Gasteiger partial charge in [-0.1, -0.05) is 60.3 Å². The topological polar surface area (TPSA) is 12.4 Å². The first-order valence-corrected chi connectivity index (χ1v) is 14.4. The quantitative estimate of drug-likeness (QED) is 0.160. The molecule has 0 spiro atoms. The van der Waals surface area contributed by atoms with Crippen LogP contribution in [0.1, 0.15) is 0 Å². The summed E-state index contributed by atoms with van der Waals surface area (Å²) in [4.78, 5) is 0. The highest BCUT2D eigenvalue weighted by molar-refractivity contribution is 6.98. The summed E-state index contributed by atoms with van der Waals surface area (Å²) in [6.07, 6.45) is 4.06. The number of fused-ring (bicyclic) bond motifs is 6. The molecule has 0 saturated carbocycles. The van der Waals surface area contributed by atoms with Gasteiger partial charge in [-0.3, -0.25) is 0 Å². The van der Waals surface area contributed by atoms with Crippen molar-refractivity contribution in [2.24, 2.45) is 4.66 Å². The molecule has 1 nitrogen and oxygen atoms in total. The number of benzene rings is 6. The summed E-state index contributed by atoms with van der Waals surface area (Å²) < 4.78 is 4.57. The molecule has 147 valence electrons. The molecule has 0 bridgehead atoms. The lowest BCUT2D eigenvalue weighted by molar-refractivity contribution is 1.79. The highest BCUT2D eigenvalue weighted by Crippen LogP contribution is 2.33. The summed E-state index contributed by atoms with van der Waals surface area (Å²) >= 11 is 0. The van der Waals surface area contributed by atoms with Crippen molar-refractivity contribution in [1.82, 2.24) is 0 Å². The molecule has 0 aromatic heterocycles. The van der Waals surface area contributed by atoms with Crippen LogP contribution in [-0.4, -0.2) is 22.9 Å². The lowest BCUT2D eigenvalue weighted by Gasteiger charge is -2.12. The first kappa shape index (κ1) is 18.1. The van der Waals surface area contributed by atoms with Crippen LogP contribution in [0.3, 0.4) is 0 Å². The Morgan fingerprint density at radius 3 is 1.91 bits per heavy atom. The fourth-order valence-corrected chi connectivity index (χ4v) is 8.89. The van der Waals surface area contributed by atoms with E-state index in [4.69, 9.17) is 0 Å². The van der Waals surface area contributed by atoms with Crippen molar-refractivity contribution < 1.29 is 0 Å². The molecule has 0 N–H and O–H groups in total. The van der Waals surface area contributed by atoms with Crippen molar-refractivity contribution >= 4 is 81.9 Å². The van der Waals surface area contributed by atoms with Gasteiger partial charge in [0.2, 0.25) is 0 Å². The average Bonchev–Trinajstić information content (AvgIpc) is 2.85. The standard InChI is InChI=1S/C29H18NSi2/c1-2-6-20-14-25-17-26-23(16-24(25)13-19(20)5-1)10-9-22-15-21-7-3-8-29(28(21)18-27(22)26)32-12-4-11-30-31-32/h1-18H. The van der Waals surface area contributed by atoms with E-state index in [0.29, 0.717) is 8.77 Å². The van der Waals surface area contributed by atoms with Crippen molar-refractivity contribution in [1.29, 1.82) is 0 Å². The van der Waals surface area contributed by atoms with Crippen LogP contribution in [0.25, 0.3) is 53.9 Å². The monoisotopic (exact) mass is 436 g/mol. The van der Waals surface area contributed by atoms with E-state index in [0.717, 1.165) is 0 Å². The molecule has 0 unspecified atom stereocenters.